The fourth-order valence-corrected chi connectivity index (χ4v) is 5.54. The molecule has 12 heteroatoms. The SMILES string of the molecule is O=C(Cc1cccc(Br)n1)Nc1ccc([C@H]2CCC[C@H](c3ccc(NC(=O)Cc4cccc(Br)n4)nn3)C2)nn1. The lowest BCUT2D eigenvalue weighted by Gasteiger charge is -2.28. The Bertz CT molecular complexity index is 1370. The number of rotatable bonds is 8. The Balaban J connectivity index is 1.14. The Morgan fingerprint density at radius 2 is 1.15 bits per heavy atom. The third-order valence-corrected chi connectivity index (χ3v) is 7.53. The van der Waals surface area contributed by atoms with Gasteiger partial charge in [0.05, 0.1) is 35.6 Å². The molecule has 4 aromatic rings. The van der Waals surface area contributed by atoms with Crippen molar-refractivity contribution in [2.75, 3.05) is 10.6 Å². The molecule has 0 bridgehead atoms. The Morgan fingerprint density at radius 3 is 1.55 bits per heavy atom. The molecule has 4 aromatic heterocycles. The van der Waals surface area contributed by atoms with Crippen molar-refractivity contribution >= 4 is 55.3 Å². The summed E-state index contributed by atoms with van der Waals surface area (Å²) in [7, 11) is 0. The summed E-state index contributed by atoms with van der Waals surface area (Å²) >= 11 is 6.63. The topological polar surface area (TPSA) is 136 Å². The van der Waals surface area contributed by atoms with Crippen molar-refractivity contribution in [2.24, 2.45) is 0 Å². The first-order chi connectivity index (χ1) is 19.4. The van der Waals surface area contributed by atoms with E-state index in [2.05, 4.69) is 72.9 Å². The number of hydrogen-bond donors (Lipinski definition) is 2. The van der Waals surface area contributed by atoms with Gasteiger partial charge < -0.3 is 10.6 Å². The second-order valence-electron chi connectivity index (χ2n) is 9.60. The Labute approximate surface area is 248 Å². The quantitative estimate of drug-likeness (QED) is 0.239. The fourth-order valence-electron chi connectivity index (χ4n) is 4.78. The van der Waals surface area contributed by atoms with E-state index in [4.69, 9.17) is 0 Å². The summed E-state index contributed by atoms with van der Waals surface area (Å²) < 4.78 is 1.37. The average Bonchev–Trinajstić information content (AvgIpc) is 2.94. The largest absolute Gasteiger partial charge is 0.309 e. The van der Waals surface area contributed by atoms with Crippen molar-refractivity contribution in [3.63, 3.8) is 0 Å². The van der Waals surface area contributed by atoms with Crippen LogP contribution in [0.4, 0.5) is 11.6 Å². The van der Waals surface area contributed by atoms with E-state index in [1.165, 1.54) is 0 Å². The highest BCUT2D eigenvalue weighted by molar-refractivity contribution is 9.10. The first-order valence-corrected chi connectivity index (χ1v) is 14.5. The summed E-state index contributed by atoms with van der Waals surface area (Å²) in [6.07, 6.45) is 4.24. The predicted octanol–water partition coefficient (Wildman–Crippen LogP) is 5.39. The van der Waals surface area contributed by atoms with Crippen LogP contribution in [0.2, 0.25) is 0 Å². The van der Waals surface area contributed by atoms with Gasteiger partial charge in [-0.2, -0.15) is 10.2 Å². The van der Waals surface area contributed by atoms with Crippen LogP contribution in [0.3, 0.4) is 0 Å². The van der Waals surface area contributed by atoms with Gasteiger partial charge in [-0.15, -0.1) is 10.2 Å². The van der Waals surface area contributed by atoms with Gasteiger partial charge in [-0.05, 0) is 99.7 Å². The highest BCUT2D eigenvalue weighted by atomic mass is 79.9. The van der Waals surface area contributed by atoms with Crippen molar-refractivity contribution in [3.05, 3.63) is 92.6 Å². The summed E-state index contributed by atoms with van der Waals surface area (Å²) in [6.45, 7) is 0. The molecular weight excluding hydrogens is 640 g/mol. The molecule has 204 valence electrons. The molecule has 0 radical (unpaired) electrons. The molecule has 2 atom stereocenters. The molecule has 2 amide bonds. The number of nitrogens with one attached hydrogen (secondary N) is 2. The summed E-state index contributed by atoms with van der Waals surface area (Å²) in [5.41, 5.74) is 3.13. The van der Waals surface area contributed by atoms with Gasteiger partial charge in [0.15, 0.2) is 11.6 Å². The second kappa shape index (κ2) is 13.1. The van der Waals surface area contributed by atoms with Crippen LogP contribution in [0.5, 0.6) is 0 Å². The van der Waals surface area contributed by atoms with Crippen molar-refractivity contribution in [1.82, 2.24) is 30.4 Å². The van der Waals surface area contributed by atoms with Gasteiger partial charge in [0, 0.05) is 11.8 Å². The third kappa shape index (κ3) is 7.72. The van der Waals surface area contributed by atoms with Crippen LogP contribution in [0.15, 0.2) is 69.9 Å². The van der Waals surface area contributed by atoms with E-state index in [0.717, 1.165) is 37.1 Å². The van der Waals surface area contributed by atoms with E-state index in [9.17, 15) is 9.59 Å². The van der Waals surface area contributed by atoms with Crippen LogP contribution >= 0.6 is 31.9 Å². The molecule has 1 fully saturated rings. The number of hydrogen-bond acceptors (Lipinski definition) is 8. The number of nitrogens with zero attached hydrogens (tertiary/aromatic N) is 6. The minimum Gasteiger partial charge on any atom is -0.309 e. The molecule has 1 aliphatic rings. The van der Waals surface area contributed by atoms with Gasteiger partial charge >= 0.3 is 0 Å². The van der Waals surface area contributed by atoms with Gasteiger partial charge in [0.25, 0.3) is 0 Å². The third-order valence-electron chi connectivity index (χ3n) is 6.64. The Morgan fingerprint density at radius 1 is 0.675 bits per heavy atom. The van der Waals surface area contributed by atoms with E-state index in [1.807, 2.05) is 36.4 Å². The monoisotopic (exact) mass is 664 g/mol. The maximum atomic E-state index is 12.4. The number of anilines is 2. The lowest BCUT2D eigenvalue weighted by molar-refractivity contribution is -0.116. The maximum absolute atomic E-state index is 12.4. The second-order valence-corrected chi connectivity index (χ2v) is 11.2. The summed E-state index contributed by atoms with van der Waals surface area (Å²) in [5.74, 6) is 0.897. The van der Waals surface area contributed by atoms with Crippen LogP contribution in [0.1, 0.15) is 60.3 Å². The van der Waals surface area contributed by atoms with Crippen molar-refractivity contribution in [1.29, 1.82) is 0 Å². The van der Waals surface area contributed by atoms with Gasteiger partial charge in [0.2, 0.25) is 11.8 Å². The molecule has 1 aliphatic carbocycles. The molecule has 0 aromatic carbocycles. The van der Waals surface area contributed by atoms with Crippen molar-refractivity contribution in [2.45, 2.75) is 50.4 Å². The van der Waals surface area contributed by atoms with Gasteiger partial charge in [-0.25, -0.2) is 9.97 Å². The lowest BCUT2D eigenvalue weighted by Crippen LogP contribution is -2.19. The van der Waals surface area contributed by atoms with Gasteiger partial charge in [-0.3, -0.25) is 9.59 Å². The molecule has 40 heavy (non-hydrogen) atoms. The molecule has 0 aliphatic heterocycles. The first-order valence-electron chi connectivity index (χ1n) is 12.9. The number of carbonyl (C=O) groups is 2. The first kappa shape index (κ1) is 27.9. The van der Waals surface area contributed by atoms with Crippen LogP contribution < -0.4 is 10.6 Å². The number of carbonyl (C=O) groups excluding carboxylic acids is 2. The zero-order valence-corrected chi connectivity index (χ0v) is 24.6. The molecule has 0 saturated heterocycles. The van der Waals surface area contributed by atoms with Crippen LogP contribution in [0.25, 0.3) is 0 Å². The van der Waals surface area contributed by atoms with Crippen LogP contribution in [0, 0.1) is 0 Å². The highest BCUT2D eigenvalue weighted by Crippen LogP contribution is 2.40. The minimum atomic E-state index is -0.201. The van der Waals surface area contributed by atoms with E-state index in [-0.39, 0.29) is 36.5 Å². The Hall–Kier alpha value is -3.64. The fraction of sp³-hybridized carbons (Fsp3) is 0.286. The van der Waals surface area contributed by atoms with E-state index in [1.54, 1.807) is 24.3 Å². The number of aromatic nitrogens is 6. The maximum Gasteiger partial charge on any atom is 0.231 e. The van der Waals surface area contributed by atoms with Crippen molar-refractivity contribution < 1.29 is 9.59 Å². The molecule has 2 N–H and O–H groups in total. The molecule has 4 heterocycles. The lowest BCUT2D eigenvalue weighted by atomic mass is 9.78. The molecule has 10 nitrogen and oxygen atoms in total. The zero-order chi connectivity index (χ0) is 27.9. The highest BCUT2D eigenvalue weighted by Gasteiger charge is 2.27. The molecule has 5 rings (SSSR count). The number of pyridine rings is 2. The summed E-state index contributed by atoms with van der Waals surface area (Å²) in [5, 5.41) is 22.9. The summed E-state index contributed by atoms with van der Waals surface area (Å²) in [4.78, 5) is 33.3. The standard InChI is InChI=1S/C28H26Br2N8O2/c29-23-8-2-6-19(31-23)15-27(39)33-25-12-10-21(35-37-25)17-4-1-5-18(14-17)22-11-13-26(38-36-22)34-28(40)16-20-7-3-9-24(30)32-20/h2-3,6-13,17-18H,1,4-5,14-16H2,(H,33,37,39)(H,34,38,40)/t17-,18-/m0/s1. The molecule has 0 spiro atoms. The number of amides is 2. The van der Waals surface area contributed by atoms with E-state index in [0.29, 0.717) is 32.2 Å². The average molecular weight is 666 g/mol. The molecular formula is C28H26Br2N8O2. The zero-order valence-electron chi connectivity index (χ0n) is 21.4. The summed E-state index contributed by atoms with van der Waals surface area (Å²) in [6, 6.07) is 18.3. The Kier molecular flexibility index (Phi) is 9.17. The van der Waals surface area contributed by atoms with E-state index < -0.39 is 0 Å². The minimum absolute atomic E-state index is 0.152. The normalized spacial score (nSPS) is 16.8. The van der Waals surface area contributed by atoms with E-state index >= 15 is 0 Å². The number of halogens is 2. The van der Waals surface area contributed by atoms with Crippen molar-refractivity contribution in [3.8, 4) is 0 Å². The van der Waals surface area contributed by atoms with Crippen LogP contribution in [-0.2, 0) is 22.4 Å². The molecule has 0 unspecified atom stereocenters. The van der Waals surface area contributed by atoms with Gasteiger partial charge in [0.1, 0.15) is 9.21 Å². The van der Waals surface area contributed by atoms with Crippen LogP contribution in [-0.4, -0.2) is 42.2 Å². The smallest absolute Gasteiger partial charge is 0.231 e. The molecule has 1 saturated carbocycles. The van der Waals surface area contributed by atoms with Gasteiger partial charge in [-0.1, -0.05) is 18.6 Å². The predicted molar refractivity (Wildman–Crippen MR) is 157 cm³/mol.